The van der Waals surface area contributed by atoms with Crippen LogP contribution >= 0.6 is 7.60 Å². The summed E-state index contributed by atoms with van der Waals surface area (Å²) in [5.41, 5.74) is 0. The number of carbonyl (C=O) groups is 3. The number of carboxylic acids is 3. The van der Waals surface area contributed by atoms with Crippen molar-refractivity contribution < 1.29 is 70.0 Å². The molecule has 0 fully saturated rings. The summed E-state index contributed by atoms with van der Waals surface area (Å²) in [6.45, 7) is 20.7. The first-order valence-corrected chi connectivity index (χ1v) is 17.3. The maximum atomic E-state index is 9.79. The van der Waals surface area contributed by atoms with Gasteiger partial charge in [-0.1, -0.05) is 91.5 Å². The Labute approximate surface area is 257 Å². The van der Waals surface area contributed by atoms with Crippen LogP contribution in [0.1, 0.15) is 124 Å². The SMILES string of the molecule is C.C.C.CC.CC.CC.CCC(=O)O.CCC(=O)O.CCC(=O)O.CCCS(=O)(=O)O.CCS(=O)(=O)O.CP(=O)(O)O. The van der Waals surface area contributed by atoms with E-state index in [2.05, 4.69) is 0 Å². The lowest BCUT2D eigenvalue weighted by Gasteiger charge is -1.85. The smallest absolute Gasteiger partial charge is 0.322 e. The van der Waals surface area contributed by atoms with Gasteiger partial charge in [0.2, 0.25) is 0 Å². The van der Waals surface area contributed by atoms with Crippen molar-refractivity contribution in [1.29, 1.82) is 0 Å². The molecule has 0 heterocycles. The third-order valence-corrected chi connectivity index (χ3v) is 3.39. The first-order chi connectivity index (χ1) is 17.4. The minimum absolute atomic E-state index is 0. The fraction of sp³-hybridized carbons (Fsp3) is 0.875. The Morgan fingerprint density at radius 3 is 0.690 bits per heavy atom. The van der Waals surface area contributed by atoms with Crippen LogP contribution in [0, 0.1) is 0 Å². The molecule has 0 aromatic carbocycles. The molecule has 0 spiro atoms. The second-order valence-corrected chi connectivity index (χ2v) is 10.2. The Bertz CT molecular complexity index is 706. The van der Waals surface area contributed by atoms with Crippen LogP contribution in [0.5, 0.6) is 0 Å². The highest BCUT2D eigenvalue weighted by Gasteiger charge is 1.98. The summed E-state index contributed by atoms with van der Waals surface area (Å²) >= 11 is 0. The summed E-state index contributed by atoms with van der Waals surface area (Å²) in [5.74, 6) is -2.57. The van der Waals surface area contributed by atoms with Crippen LogP contribution in [-0.4, -0.2) is 87.1 Å². The van der Waals surface area contributed by atoms with Crippen molar-refractivity contribution in [1.82, 2.24) is 0 Å². The van der Waals surface area contributed by atoms with E-state index in [-0.39, 0.29) is 53.0 Å². The average Bonchev–Trinajstić information content (AvgIpc) is 2.82. The van der Waals surface area contributed by atoms with Crippen molar-refractivity contribution >= 4 is 45.7 Å². The molecule has 0 radical (unpaired) electrons. The van der Waals surface area contributed by atoms with Gasteiger partial charge >= 0.3 is 25.5 Å². The summed E-state index contributed by atoms with van der Waals surface area (Å²) in [4.78, 5) is 43.4. The summed E-state index contributed by atoms with van der Waals surface area (Å²) in [5, 5.41) is 23.2. The standard InChI is InChI=1S/C3H8O3S.3C3H6O2.C2H6O3S.3C2H6.CH5O3P.3CH4/c1-2-3-7(4,5)6;3*1-2-3(4)5;1-2-6(3,4)5;3*1-2;1-5(2,3)4;;;/h2-3H2,1H3,(H,4,5,6);3*2H2,1H3,(H,4,5);2H2,1H3,(H,3,4,5);3*1-2H3;1H3,(H2,2,3,4);3*1H4. The van der Waals surface area contributed by atoms with Gasteiger partial charge in [-0.25, -0.2) is 0 Å². The van der Waals surface area contributed by atoms with Crippen LogP contribution in [0.2, 0.25) is 0 Å². The number of carboxylic acid groups (broad SMARTS) is 3. The van der Waals surface area contributed by atoms with Crippen LogP contribution in [0.25, 0.3) is 0 Å². The monoisotopic (exact) mass is 690 g/mol. The summed E-state index contributed by atoms with van der Waals surface area (Å²) in [7, 11) is -11.0. The normalized spacial score (nSPS) is 8.10. The molecule has 270 valence electrons. The second-order valence-electron chi connectivity index (χ2n) is 5.23. The van der Waals surface area contributed by atoms with Crippen molar-refractivity contribution in [2.24, 2.45) is 0 Å². The summed E-state index contributed by atoms with van der Waals surface area (Å²) in [6.07, 6.45) is 1.14. The molecule has 0 aliphatic heterocycles. The fourth-order valence-corrected chi connectivity index (χ4v) is 0.774. The van der Waals surface area contributed by atoms with Gasteiger partial charge in [0.05, 0.1) is 11.5 Å². The van der Waals surface area contributed by atoms with E-state index in [1.165, 1.54) is 6.92 Å². The third-order valence-electron chi connectivity index (χ3n) is 1.73. The number of hydrogen-bond donors (Lipinski definition) is 7. The highest BCUT2D eigenvalue weighted by molar-refractivity contribution is 7.86. The number of aliphatic carboxylic acids is 3. The molecular formula is C24H67O15PS2. The van der Waals surface area contributed by atoms with E-state index in [4.69, 9.17) is 34.2 Å². The highest BCUT2D eigenvalue weighted by atomic mass is 32.2. The Morgan fingerprint density at radius 2 is 0.690 bits per heavy atom. The lowest BCUT2D eigenvalue weighted by Crippen LogP contribution is -2.01. The topological polar surface area (TPSA) is 278 Å². The molecule has 0 bridgehead atoms. The van der Waals surface area contributed by atoms with Crippen LogP contribution in [-0.2, 0) is 39.2 Å². The Kier molecular flexibility index (Phi) is 109. The van der Waals surface area contributed by atoms with Crippen LogP contribution in [0.4, 0.5) is 0 Å². The van der Waals surface area contributed by atoms with E-state index in [0.717, 1.165) is 6.66 Å². The molecule has 0 rings (SSSR count). The highest BCUT2D eigenvalue weighted by Crippen LogP contribution is 2.26. The number of rotatable bonds is 6. The van der Waals surface area contributed by atoms with E-state index >= 15 is 0 Å². The van der Waals surface area contributed by atoms with Crippen LogP contribution in [0.15, 0.2) is 0 Å². The molecule has 0 aliphatic rings. The predicted octanol–water partition coefficient (Wildman–Crippen LogP) is 6.40. The quantitative estimate of drug-likeness (QED) is 0.117. The Morgan fingerprint density at radius 1 is 0.571 bits per heavy atom. The van der Waals surface area contributed by atoms with E-state index in [0.29, 0.717) is 6.42 Å². The molecule has 0 aromatic heterocycles. The molecule has 0 unspecified atom stereocenters. The van der Waals surface area contributed by atoms with Crippen LogP contribution in [0.3, 0.4) is 0 Å². The minimum atomic E-state index is -3.67. The molecule has 18 heteroatoms. The van der Waals surface area contributed by atoms with Crippen molar-refractivity contribution in [2.75, 3.05) is 18.2 Å². The van der Waals surface area contributed by atoms with Gasteiger partial charge in [-0.3, -0.25) is 28.1 Å². The molecule has 0 amide bonds. The van der Waals surface area contributed by atoms with Gasteiger partial charge in [-0.2, -0.15) is 16.8 Å². The van der Waals surface area contributed by atoms with Crippen molar-refractivity contribution in [2.45, 2.75) is 124 Å². The van der Waals surface area contributed by atoms with Gasteiger partial charge in [0.25, 0.3) is 20.2 Å². The third kappa shape index (κ3) is 414. The van der Waals surface area contributed by atoms with Gasteiger partial charge in [-0.05, 0) is 13.3 Å². The van der Waals surface area contributed by atoms with E-state index in [1.807, 2.05) is 41.5 Å². The Hall–Kier alpha value is -1.62. The van der Waals surface area contributed by atoms with Crippen molar-refractivity contribution in [3.63, 3.8) is 0 Å². The first-order valence-electron chi connectivity index (χ1n) is 12.0. The predicted molar refractivity (Wildman–Crippen MR) is 175 cm³/mol. The van der Waals surface area contributed by atoms with Gasteiger partial charge in [0.1, 0.15) is 0 Å². The molecule has 0 saturated heterocycles. The zero-order chi connectivity index (χ0) is 34.5. The number of hydrogen-bond acceptors (Lipinski definition) is 8. The van der Waals surface area contributed by atoms with Crippen molar-refractivity contribution in [3.8, 4) is 0 Å². The molecule has 42 heavy (non-hydrogen) atoms. The Balaban J connectivity index is -0.0000000245. The average molecular weight is 691 g/mol. The van der Waals surface area contributed by atoms with Crippen LogP contribution < -0.4 is 0 Å². The molecule has 0 saturated carbocycles. The second kappa shape index (κ2) is 58.9. The zero-order valence-corrected chi connectivity index (χ0v) is 27.9. The molecule has 0 atom stereocenters. The maximum Gasteiger partial charge on any atom is 0.322 e. The minimum Gasteiger partial charge on any atom is -0.481 e. The fourth-order valence-electron chi connectivity index (χ4n) is 0.258. The molecule has 15 nitrogen and oxygen atoms in total. The largest absolute Gasteiger partial charge is 0.481 e. The van der Waals surface area contributed by atoms with Gasteiger partial charge < -0.3 is 25.1 Å². The maximum absolute atomic E-state index is 9.79. The lowest BCUT2D eigenvalue weighted by molar-refractivity contribution is -0.137. The van der Waals surface area contributed by atoms with Gasteiger partial charge in [0, 0.05) is 25.9 Å². The van der Waals surface area contributed by atoms with Crippen molar-refractivity contribution in [3.05, 3.63) is 0 Å². The van der Waals surface area contributed by atoms with Gasteiger partial charge in [0.15, 0.2) is 0 Å². The van der Waals surface area contributed by atoms with E-state index in [9.17, 15) is 35.8 Å². The molecule has 7 N–H and O–H groups in total. The van der Waals surface area contributed by atoms with E-state index < -0.39 is 45.7 Å². The summed E-state index contributed by atoms with van der Waals surface area (Å²) < 4.78 is 63.8. The van der Waals surface area contributed by atoms with E-state index in [1.54, 1.807) is 27.7 Å². The molecular weight excluding hydrogens is 623 g/mol. The molecule has 0 aliphatic carbocycles. The first kappa shape index (κ1) is 77.7. The zero-order valence-electron chi connectivity index (χ0n) is 25.4. The molecule has 0 aromatic rings. The van der Waals surface area contributed by atoms with Gasteiger partial charge in [-0.15, -0.1) is 0 Å². The summed E-state index contributed by atoms with van der Waals surface area (Å²) in [6, 6.07) is 0. The lowest BCUT2D eigenvalue weighted by atomic mass is 10.5.